The molecule has 1 aliphatic rings. The molecule has 0 bridgehead atoms. The van der Waals surface area contributed by atoms with E-state index in [9.17, 15) is 0 Å². The van der Waals surface area contributed by atoms with E-state index in [4.69, 9.17) is 0 Å². The summed E-state index contributed by atoms with van der Waals surface area (Å²) < 4.78 is 0. The number of hydrogen-bond donors (Lipinski definition) is 0. The highest BCUT2D eigenvalue weighted by Gasteiger charge is 2.09. The van der Waals surface area contributed by atoms with Gasteiger partial charge in [0.05, 0.1) is 11.2 Å². The van der Waals surface area contributed by atoms with Gasteiger partial charge in [0.1, 0.15) is 0 Å². The van der Waals surface area contributed by atoms with Crippen LogP contribution >= 0.6 is 11.3 Å². The minimum atomic E-state index is 1.22. The quantitative estimate of drug-likeness (QED) is 0.581. The molecule has 0 atom stereocenters. The summed E-state index contributed by atoms with van der Waals surface area (Å²) in [6.07, 6.45) is 5.21. The van der Waals surface area contributed by atoms with Gasteiger partial charge in [0.15, 0.2) is 0 Å². The Morgan fingerprint density at radius 3 is 2.73 bits per heavy atom. The Kier molecular flexibility index (Phi) is 3.57. The molecule has 1 aromatic heterocycles. The number of nitrogens with zero attached hydrogens (tertiary/aromatic N) is 1. The second-order valence-corrected chi connectivity index (χ2v) is 3.37. The van der Waals surface area contributed by atoms with Gasteiger partial charge >= 0.3 is 0 Å². The summed E-state index contributed by atoms with van der Waals surface area (Å²) >= 11 is 1.81. The Bertz CT molecular complexity index is 185. The summed E-state index contributed by atoms with van der Waals surface area (Å²) in [6, 6.07) is 0. The van der Waals surface area contributed by atoms with Crippen LogP contribution in [0.15, 0.2) is 5.51 Å². The van der Waals surface area contributed by atoms with Crippen molar-refractivity contribution in [3.05, 3.63) is 16.1 Å². The fourth-order valence-corrected chi connectivity index (χ4v) is 2.14. The maximum absolute atomic E-state index is 4.28. The van der Waals surface area contributed by atoms with Gasteiger partial charge < -0.3 is 0 Å². The average molecular weight is 169 g/mol. The molecule has 0 spiro atoms. The van der Waals surface area contributed by atoms with Crippen LogP contribution in [0.2, 0.25) is 0 Å². The average Bonchev–Trinajstić information content (AvgIpc) is 2.55. The van der Waals surface area contributed by atoms with Gasteiger partial charge in [-0.05, 0) is 25.7 Å². The van der Waals surface area contributed by atoms with E-state index in [0.29, 0.717) is 0 Å². The van der Waals surface area contributed by atoms with E-state index in [2.05, 4.69) is 4.98 Å². The lowest BCUT2D eigenvalue weighted by atomic mass is 10.0. The summed E-state index contributed by atoms with van der Waals surface area (Å²) in [4.78, 5) is 5.80. The molecule has 1 nitrogen and oxygen atoms in total. The molecule has 1 aliphatic carbocycles. The molecule has 1 aromatic rings. The largest absolute Gasteiger partial charge is 0.249 e. The maximum atomic E-state index is 4.28. The molecule has 62 valence electrons. The molecule has 0 radical (unpaired) electrons. The highest BCUT2D eigenvalue weighted by atomic mass is 32.1. The Labute approximate surface area is 72.5 Å². The molecule has 11 heavy (non-hydrogen) atoms. The number of aryl methyl sites for hydroxylation is 2. The van der Waals surface area contributed by atoms with E-state index in [1.807, 2.05) is 30.7 Å². The van der Waals surface area contributed by atoms with Crippen molar-refractivity contribution in [3.8, 4) is 0 Å². The van der Waals surface area contributed by atoms with Crippen LogP contribution in [-0.2, 0) is 12.8 Å². The molecule has 0 unspecified atom stereocenters. The zero-order valence-corrected chi connectivity index (χ0v) is 8.08. The van der Waals surface area contributed by atoms with Gasteiger partial charge in [0, 0.05) is 4.88 Å². The van der Waals surface area contributed by atoms with Crippen molar-refractivity contribution < 1.29 is 0 Å². The maximum Gasteiger partial charge on any atom is 0.0797 e. The standard InChI is InChI=1S/C7H9NS.C2H6/c1-2-4-7-6(3-1)8-5-9-7;1-2/h5H,1-4H2;1-2H3. The van der Waals surface area contributed by atoms with Crippen LogP contribution in [0.25, 0.3) is 0 Å². The van der Waals surface area contributed by atoms with E-state index < -0.39 is 0 Å². The summed E-state index contributed by atoms with van der Waals surface area (Å²) in [7, 11) is 0. The smallest absolute Gasteiger partial charge is 0.0797 e. The summed E-state index contributed by atoms with van der Waals surface area (Å²) in [5.41, 5.74) is 3.34. The van der Waals surface area contributed by atoms with Gasteiger partial charge in [0.2, 0.25) is 0 Å². The van der Waals surface area contributed by atoms with Gasteiger partial charge in [-0.25, -0.2) is 4.98 Å². The van der Waals surface area contributed by atoms with E-state index in [1.54, 1.807) is 0 Å². The van der Waals surface area contributed by atoms with E-state index in [1.165, 1.54) is 36.3 Å². The van der Waals surface area contributed by atoms with Crippen molar-refractivity contribution in [2.75, 3.05) is 0 Å². The summed E-state index contributed by atoms with van der Waals surface area (Å²) in [5.74, 6) is 0. The first kappa shape index (κ1) is 8.72. The van der Waals surface area contributed by atoms with Gasteiger partial charge in [-0.1, -0.05) is 13.8 Å². The number of fused-ring (bicyclic) bond motifs is 1. The molecular weight excluding hydrogens is 154 g/mol. The lowest BCUT2D eigenvalue weighted by Gasteiger charge is -2.06. The third-order valence-corrected chi connectivity index (χ3v) is 2.73. The molecule has 0 aliphatic heterocycles. The highest BCUT2D eigenvalue weighted by Crippen LogP contribution is 2.22. The second-order valence-electron chi connectivity index (χ2n) is 2.43. The van der Waals surface area contributed by atoms with Crippen LogP contribution in [0.4, 0.5) is 0 Å². The predicted octanol–water partition coefficient (Wildman–Crippen LogP) is 3.05. The molecule has 2 rings (SSSR count). The third-order valence-electron chi connectivity index (χ3n) is 1.79. The van der Waals surface area contributed by atoms with Crippen LogP contribution < -0.4 is 0 Å². The SMILES string of the molecule is CC.c1nc2c(s1)CCCC2. The Morgan fingerprint density at radius 2 is 2.00 bits per heavy atom. The first-order valence-corrected chi connectivity index (χ1v) is 5.26. The number of rotatable bonds is 0. The lowest BCUT2D eigenvalue weighted by Crippen LogP contribution is -1.98. The molecular formula is C9H15NS. The molecule has 0 saturated carbocycles. The number of thiazole rings is 1. The first-order valence-electron chi connectivity index (χ1n) is 4.38. The Balaban J connectivity index is 0.000000281. The molecule has 0 fully saturated rings. The zero-order valence-electron chi connectivity index (χ0n) is 7.26. The van der Waals surface area contributed by atoms with Crippen molar-refractivity contribution in [1.82, 2.24) is 4.98 Å². The van der Waals surface area contributed by atoms with Crippen LogP contribution in [0.3, 0.4) is 0 Å². The molecule has 0 amide bonds. The van der Waals surface area contributed by atoms with Gasteiger partial charge in [-0.15, -0.1) is 11.3 Å². The van der Waals surface area contributed by atoms with Crippen LogP contribution in [0.5, 0.6) is 0 Å². The van der Waals surface area contributed by atoms with Crippen LogP contribution in [0.1, 0.15) is 37.3 Å². The first-order chi connectivity index (χ1) is 5.47. The summed E-state index contributed by atoms with van der Waals surface area (Å²) in [6.45, 7) is 4.00. The molecule has 0 saturated heterocycles. The predicted molar refractivity (Wildman–Crippen MR) is 50.1 cm³/mol. The van der Waals surface area contributed by atoms with Crippen molar-refractivity contribution in [3.63, 3.8) is 0 Å². The van der Waals surface area contributed by atoms with E-state index in [-0.39, 0.29) is 0 Å². The Hall–Kier alpha value is -0.370. The molecule has 1 heterocycles. The molecule has 0 aromatic carbocycles. The van der Waals surface area contributed by atoms with Gasteiger partial charge in [-0.2, -0.15) is 0 Å². The second kappa shape index (κ2) is 4.50. The normalized spacial score (nSPS) is 14.7. The third kappa shape index (κ3) is 2.03. The molecule has 0 N–H and O–H groups in total. The number of hydrogen-bond acceptors (Lipinski definition) is 2. The monoisotopic (exact) mass is 169 g/mol. The summed E-state index contributed by atoms with van der Waals surface area (Å²) in [5, 5.41) is 0. The van der Waals surface area contributed by atoms with E-state index in [0.717, 1.165) is 0 Å². The fourth-order valence-electron chi connectivity index (χ4n) is 1.28. The minimum absolute atomic E-state index is 1.22. The minimum Gasteiger partial charge on any atom is -0.249 e. The van der Waals surface area contributed by atoms with Crippen LogP contribution in [-0.4, -0.2) is 4.98 Å². The fraction of sp³-hybridized carbons (Fsp3) is 0.667. The van der Waals surface area contributed by atoms with Crippen molar-refractivity contribution >= 4 is 11.3 Å². The van der Waals surface area contributed by atoms with E-state index >= 15 is 0 Å². The lowest BCUT2D eigenvalue weighted by molar-refractivity contribution is 0.682. The van der Waals surface area contributed by atoms with Gasteiger partial charge in [0.25, 0.3) is 0 Å². The topological polar surface area (TPSA) is 12.9 Å². The van der Waals surface area contributed by atoms with Crippen molar-refractivity contribution in [1.29, 1.82) is 0 Å². The van der Waals surface area contributed by atoms with Crippen molar-refractivity contribution in [2.45, 2.75) is 39.5 Å². The number of aromatic nitrogens is 1. The van der Waals surface area contributed by atoms with Crippen molar-refractivity contribution in [2.24, 2.45) is 0 Å². The molecule has 2 heteroatoms. The zero-order chi connectivity index (χ0) is 8.10. The van der Waals surface area contributed by atoms with Gasteiger partial charge in [-0.3, -0.25) is 0 Å². The van der Waals surface area contributed by atoms with Crippen LogP contribution in [0, 0.1) is 0 Å². The Morgan fingerprint density at radius 1 is 1.27 bits per heavy atom. The highest BCUT2D eigenvalue weighted by molar-refractivity contribution is 7.09.